The van der Waals surface area contributed by atoms with Crippen molar-refractivity contribution in [3.05, 3.63) is 33.8 Å². The van der Waals surface area contributed by atoms with E-state index in [1.165, 1.54) is 0 Å². The molecule has 72 valence electrons. The molecule has 13 heavy (non-hydrogen) atoms. The Kier molecular flexibility index (Phi) is 4.04. The molecule has 0 radical (unpaired) electrons. The third-order valence-electron chi connectivity index (χ3n) is 1.87. The monoisotopic (exact) mass is 218 g/mol. The third-order valence-corrected chi connectivity index (χ3v) is 2.31. The summed E-state index contributed by atoms with van der Waals surface area (Å²) in [6.45, 7) is 2.75. The number of halogens is 2. The summed E-state index contributed by atoms with van der Waals surface area (Å²) in [6.07, 6.45) is 0. The third kappa shape index (κ3) is 3.18. The molecule has 0 saturated heterocycles. The van der Waals surface area contributed by atoms with Gasteiger partial charge in [-0.1, -0.05) is 30.1 Å². The van der Waals surface area contributed by atoms with Gasteiger partial charge in [0.15, 0.2) is 0 Å². The van der Waals surface area contributed by atoms with Gasteiger partial charge < -0.3 is 4.74 Å². The molecule has 1 nitrogen and oxygen atoms in total. The van der Waals surface area contributed by atoms with Crippen LogP contribution in [0, 0.1) is 0 Å². The maximum absolute atomic E-state index is 5.87. The lowest BCUT2D eigenvalue weighted by Gasteiger charge is -2.11. The number of ether oxygens (including phenoxy) is 1. The summed E-state index contributed by atoms with van der Waals surface area (Å²) in [7, 11) is 1.68. The van der Waals surface area contributed by atoms with Gasteiger partial charge in [0.25, 0.3) is 0 Å². The van der Waals surface area contributed by atoms with Crippen LogP contribution in [0.15, 0.2) is 18.2 Å². The van der Waals surface area contributed by atoms with Crippen LogP contribution in [0.4, 0.5) is 0 Å². The zero-order valence-corrected chi connectivity index (χ0v) is 9.19. The van der Waals surface area contributed by atoms with Crippen molar-refractivity contribution in [3.63, 3.8) is 0 Å². The molecule has 0 bridgehead atoms. The molecule has 0 fully saturated rings. The molecule has 0 heterocycles. The fourth-order valence-electron chi connectivity index (χ4n) is 1.21. The van der Waals surface area contributed by atoms with E-state index < -0.39 is 0 Å². The fourth-order valence-corrected chi connectivity index (χ4v) is 1.75. The van der Waals surface area contributed by atoms with Crippen molar-refractivity contribution >= 4 is 23.2 Å². The standard InChI is InChI=1S/C10H12Cl2O/c1-7(6-13-2)8-3-9(11)5-10(12)4-8/h3-5,7H,6H2,1-2H3/t7-/m1/s1. The molecule has 0 spiro atoms. The molecule has 0 aliphatic heterocycles. The lowest BCUT2D eigenvalue weighted by Crippen LogP contribution is -2.01. The molecular weight excluding hydrogens is 207 g/mol. The first-order valence-corrected chi connectivity index (χ1v) is 4.84. The lowest BCUT2D eigenvalue weighted by molar-refractivity contribution is 0.184. The van der Waals surface area contributed by atoms with E-state index in [0.29, 0.717) is 22.6 Å². The van der Waals surface area contributed by atoms with Gasteiger partial charge in [0, 0.05) is 23.1 Å². The van der Waals surface area contributed by atoms with Crippen LogP contribution in [-0.4, -0.2) is 13.7 Å². The zero-order chi connectivity index (χ0) is 9.84. The Labute approximate surface area is 88.6 Å². The Morgan fingerprint density at radius 2 is 1.77 bits per heavy atom. The van der Waals surface area contributed by atoms with Crippen molar-refractivity contribution in [1.29, 1.82) is 0 Å². The van der Waals surface area contributed by atoms with Crippen molar-refractivity contribution in [1.82, 2.24) is 0 Å². The highest BCUT2D eigenvalue weighted by molar-refractivity contribution is 6.34. The van der Waals surface area contributed by atoms with E-state index in [2.05, 4.69) is 6.92 Å². The Hall–Kier alpha value is -0.240. The second-order valence-corrected chi connectivity index (χ2v) is 3.93. The van der Waals surface area contributed by atoms with Crippen LogP contribution in [0.3, 0.4) is 0 Å². The predicted molar refractivity (Wildman–Crippen MR) is 56.8 cm³/mol. The van der Waals surface area contributed by atoms with Crippen LogP contribution in [0.1, 0.15) is 18.4 Å². The quantitative estimate of drug-likeness (QED) is 0.752. The van der Waals surface area contributed by atoms with Gasteiger partial charge >= 0.3 is 0 Å². The Balaban J connectivity index is 2.87. The molecule has 0 unspecified atom stereocenters. The first kappa shape index (κ1) is 10.8. The maximum Gasteiger partial charge on any atom is 0.0528 e. The molecule has 0 saturated carbocycles. The predicted octanol–water partition coefficient (Wildman–Crippen LogP) is 3.74. The number of rotatable bonds is 3. The SMILES string of the molecule is COC[C@@H](C)c1cc(Cl)cc(Cl)c1. The van der Waals surface area contributed by atoms with E-state index in [1.807, 2.05) is 12.1 Å². The number of benzene rings is 1. The van der Waals surface area contributed by atoms with E-state index in [1.54, 1.807) is 13.2 Å². The molecule has 0 aliphatic carbocycles. The van der Waals surface area contributed by atoms with Gasteiger partial charge in [-0.25, -0.2) is 0 Å². The molecule has 0 aliphatic rings. The van der Waals surface area contributed by atoms with Gasteiger partial charge in [0.1, 0.15) is 0 Å². The van der Waals surface area contributed by atoms with E-state index >= 15 is 0 Å². The van der Waals surface area contributed by atoms with Crippen molar-refractivity contribution in [2.75, 3.05) is 13.7 Å². The van der Waals surface area contributed by atoms with Crippen molar-refractivity contribution in [3.8, 4) is 0 Å². The lowest BCUT2D eigenvalue weighted by atomic mass is 10.0. The van der Waals surface area contributed by atoms with Crippen LogP contribution in [0.5, 0.6) is 0 Å². The van der Waals surface area contributed by atoms with Gasteiger partial charge in [-0.3, -0.25) is 0 Å². The largest absolute Gasteiger partial charge is 0.384 e. The molecule has 1 atom stereocenters. The molecule has 1 aromatic carbocycles. The van der Waals surface area contributed by atoms with Crippen LogP contribution < -0.4 is 0 Å². The molecule has 0 aromatic heterocycles. The van der Waals surface area contributed by atoms with E-state index in [4.69, 9.17) is 27.9 Å². The minimum absolute atomic E-state index is 0.321. The van der Waals surface area contributed by atoms with Crippen LogP contribution >= 0.6 is 23.2 Å². The second kappa shape index (κ2) is 4.85. The first-order valence-electron chi connectivity index (χ1n) is 4.08. The molecule has 1 aromatic rings. The minimum atomic E-state index is 0.321. The minimum Gasteiger partial charge on any atom is -0.384 e. The molecule has 3 heteroatoms. The number of hydrogen-bond acceptors (Lipinski definition) is 1. The first-order chi connectivity index (χ1) is 6.13. The molecule has 1 rings (SSSR count). The van der Waals surface area contributed by atoms with Crippen LogP contribution in [0.25, 0.3) is 0 Å². The van der Waals surface area contributed by atoms with E-state index in [-0.39, 0.29) is 0 Å². The average molecular weight is 219 g/mol. The summed E-state index contributed by atoms with van der Waals surface area (Å²) >= 11 is 11.7. The average Bonchev–Trinajstić information content (AvgIpc) is 2.03. The Morgan fingerprint density at radius 3 is 2.23 bits per heavy atom. The fraction of sp³-hybridized carbons (Fsp3) is 0.400. The van der Waals surface area contributed by atoms with Gasteiger partial charge in [-0.15, -0.1) is 0 Å². The smallest absolute Gasteiger partial charge is 0.0528 e. The summed E-state index contributed by atoms with van der Waals surface area (Å²) in [5.41, 5.74) is 1.11. The maximum atomic E-state index is 5.87. The van der Waals surface area contributed by atoms with Crippen molar-refractivity contribution in [2.45, 2.75) is 12.8 Å². The summed E-state index contributed by atoms with van der Waals surface area (Å²) < 4.78 is 5.05. The molecule has 0 amide bonds. The summed E-state index contributed by atoms with van der Waals surface area (Å²) in [5, 5.41) is 1.34. The van der Waals surface area contributed by atoms with Gasteiger partial charge in [-0.05, 0) is 23.8 Å². The molecular formula is C10H12Cl2O. The summed E-state index contributed by atoms with van der Waals surface area (Å²) in [4.78, 5) is 0. The summed E-state index contributed by atoms with van der Waals surface area (Å²) in [6, 6.07) is 5.56. The van der Waals surface area contributed by atoms with Crippen molar-refractivity contribution in [2.24, 2.45) is 0 Å². The van der Waals surface area contributed by atoms with Crippen molar-refractivity contribution < 1.29 is 4.74 Å². The number of hydrogen-bond donors (Lipinski definition) is 0. The van der Waals surface area contributed by atoms with E-state index in [0.717, 1.165) is 5.56 Å². The zero-order valence-electron chi connectivity index (χ0n) is 7.68. The normalized spacial score (nSPS) is 12.9. The topological polar surface area (TPSA) is 9.23 Å². The highest BCUT2D eigenvalue weighted by Gasteiger charge is 2.06. The van der Waals surface area contributed by atoms with Gasteiger partial charge in [-0.2, -0.15) is 0 Å². The molecule has 0 N–H and O–H groups in total. The van der Waals surface area contributed by atoms with Crippen LogP contribution in [-0.2, 0) is 4.74 Å². The summed E-state index contributed by atoms with van der Waals surface area (Å²) in [5.74, 6) is 0.321. The second-order valence-electron chi connectivity index (χ2n) is 3.06. The highest BCUT2D eigenvalue weighted by Crippen LogP contribution is 2.24. The highest BCUT2D eigenvalue weighted by atomic mass is 35.5. The number of methoxy groups -OCH3 is 1. The Bertz CT molecular complexity index is 266. The van der Waals surface area contributed by atoms with E-state index in [9.17, 15) is 0 Å². The van der Waals surface area contributed by atoms with Crippen LogP contribution in [0.2, 0.25) is 10.0 Å². The van der Waals surface area contributed by atoms with Gasteiger partial charge in [0.05, 0.1) is 6.61 Å². The van der Waals surface area contributed by atoms with Gasteiger partial charge in [0.2, 0.25) is 0 Å². The Morgan fingerprint density at radius 1 is 1.23 bits per heavy atom.